The molecule has 3 aromatic rings. The molecule has 0 aromatic heterocycles. The van der Waals surface area contributed by atoms with Crippen LogP contribution in [0.25, 0.3) is 21.5 Å². The predicted octanol–water partition coefficient (Wildman–Crippen LogP) is 1.09. The minimum Gasteiger partial charge on any atom is -0.778 e. The van der Waals surface area contributed by atoms with Crippen molar-refractivity contribution >= 4 is 29.1 Å². The summed E-state index contributed by atoms with van der Waals surface area (Å²) >= 11 is 0. The van der Waals surface area contributed by atoms with E-state index >= 15 is 0 Å². The van der Waals surface area contributed by atoms with Gasteiger partial charge in [0.25, 0.3) is 0 Å². The van der Waals surface area contributed by atoms with Gasteiger partial charge in [0.05, 0.1) is 6.61 Å². The third kappa shape index (κ3) is 3.62. The van der Waals surface area contributed by atoms with Crippen molar-refractivity contribution in [1.29, 1.82) is 0 Å². The Morgan fingerprint density at radius 2 is 1.50 bits per heavy atom. The third-order valence-electron chi connectivity index (χ3n) is 3.56. The van der Waals surface area contributed by atoms with E-state index in [1.165, 1.54) is 0 Å². The SMILES string of the molecule is CCOP(=O)([O-])Cc1c2ccccc2cc2ccccc12.[Na+]. The summed E-state index contributed by atoms with van der Waals surface area (Å²) in [6, 6.07) is 17.8. The van der Waals surface area contributed by atoms with Gasteiger partial charge < -0.3 is 14.0 Å². The third-order valence-corrected chi connectivity index (χ3v) is 4.92. The van der Waals surface area contributed by atoms with Crippen LogP contribution in [0, 0.1) is 0 Å². The fourth-order valence-electron chi connectivity index (χ4n) is 2.71. The second kappa shape index (κ2) is 7.27. The molecule has 3 rings (SSSR count). The van der Waals surface area contributed by atoms with Crippen LogP contribution in [0.2, 0.25) is 0 Å². The second-order valence-corrected chi connectivity index (χ2v) is 6.78. The van der Waals surface area contributed by atoms with Crippen LogP contribution in [0.4, 0.5) is 0 Å². The van der Waals surface area contributed by atoms with Crippen molar-refractivity contribution < 1.29 is 43.5 Å². The zero-order chi connectivity index (χ0) is 14.9. The molecule has 0 aliphatic carbocycles. The van der Waals surface area contributed by atoms with Crippen LogP contribution in [0.15, 0.2) is 54.6 Å². The van der Waals surface area contributed by atoms with E-state index in [2.05, 4.69) is 6.07 Å². The Morgan fingerprint density at radius 1 is 1.00 bits per heavy atom. The van der Waals surface area contributed by atoms with Crippen molar-refractivity contribution in [3.63, 3.8) is 0 Å². The number of benzene rings is 3. The van der Waals surface area contributed by atoms with E-state index in [0.29, 0.717) is 0 Å². The molecular formula is C17H16NaO3P. The molecule has 3 nitrogen and oxygen atoms in total. The van der Waals surface area contributed by atoms with Gasteiger partial charge in [0.15, 0.2) is 0 Å². The van der Waals surface area contributed by atoms with Crippen molar-refractivity contribution in [2.75, 3.05) is 6.61 Å². The summed E-state index contributed by atoms with van der Waals surface area (Å²) in [5.74, 6) is 0. The quantitative estimate of drug-likeness (QED) is 0.410. The standard InChI is InChI=1S/C17H17O3P.Na/c1-2-20-21(18,19)12-17-15-9-5-3-7-13(15)11-14-8-4-6-10-16(14)17;/h3-11H,2,12H2,1H3,(H,18,19);/q;+1/p-1. The minimum atomic E-state index is -3.87. The Balaban J connectivity index is 0.00000176. The van der Waals surface area contributed by atoms with E-state index in [0.717, 1.165) is 27.1 Å². The summed E-state index contributed by atoms with van der Waals surface area (Å²) in [4.78, 5) is 12.1. The molecule has 0 aliphatic heterocycles. The van der Waals surface area contributed by atoms with Crippen molar-refractivity contribution in [2.24, 2.45) is 0 Å². The number of hydrogen-bond donors (Lipinski definition) is 0. The van der Waals surface area contributed by atoms with Gasteiger partial charge in [-0.2, -0.15) is 0 Å². The van der Waals surface area contributed by atoms with Gasteiger partial charge in [-0.15, -0.1) is 0 Å². The molecule has 0 radical (unpaired) electrons. The molecule has 0 fully saturated rings. The number of rotatable bonds is 4. The van der Waals surface area contributed by atoms with Crippen molar-refractivity contribution in [2.45, 2.75) is 13.1 Å². The fourth-order valence-corrected chi connectivity index (χ4v) is 3.93. The Hall–Kier alpha value is -0.670. The van der Waals surface area contributed by atoms with Crippen LogP contribution in [0.1, 0.15) is 12.5 Å². The monoisotopic (exact) mass is 322 g/mol. The van der Waals surface area contributed by atoms with Crippen LogP contribution in [0.3, 0.4) is 0 Å². The van der Waals surface area contributed by atoms with E-state index in [4.69, 9.17) is 4.52 Å². The summed E-state index contributed by atoms with van der Waals surface area (Å²) in [6.07, 6.45) is -0.0806. The van der Waals surface area contributed by atoms with Gasteiger partial charge >= 0.3 is 29.6 Å². The molecule has 0 aliphatic rings. The minimum absolute atomic E-state index is 0. The molecule has 0 N–H and O–H groups in total. The van der Waals surface area contributed by atoms with Gasteiger partial charge in [0.2, 0.25) is 0 Å². The van der Waals surface area contributed by atoms with Crippen molar-refractivity contribution in [3.05, 3.63) is 60.2 Å². The predicted molar refractivity (Wildman–Crippen MR) is 84.4 cm³/mol. The number of fused-ring (bicyclic) bond motifs is 2. The van der Waals surface area contributed by atoms with E-state index in [1.54, 1.807) is 6.92 Å². The summed E-state index contributed by atoms with van der Waals surface area (Å²) in [5, 5.41) is 4.02. The first-order valence-corrected chi connectivity index (χ1v) is 8.67. The maximum atomic E-state index is 12.1. The largest absolute Gasteiger partial charge is 1.00 e. The van der Waals surface area contributed by atoms with Crippen LogP contribution in [-0.4, -0.2) is 6.61 Å². The van der Waals surface area contributed by atoms with Gasteiger partial charge in [-0.1, -0.05) is 48.5 Å². The average Bonchev–Trinajstić information content (AvgIpc) is 2.47. The van der Waals surface area contributed by atoms with Gasteiger partial charge in [0.1, 0.15) is 7.60 Å². The molecule has 0 spiro atoms. The molecular weight excluding hydrogens is 306 g/mol. The first-order valence-electron chi connectivity index (χ1n) is 6.95. The van der Waals surface area contributed by atoms with Crippen LogP contribution in [0.5, 0.6) is 0 Å². The Labute approximate surface area is 152 Å². The molecule has 22 heavy (non-hydrogen) atoms. The van der Waals surface area contributed by atoms with Crippen molar-refractivity contribution in [3.8, 4) is 0 Å². The molecule has 1 unspecified atom stereocenters. The van der Waals surface area contributed by atoms with Crippen molar-refractivity contribution in [1.82, 2.24) is 0 Å². The molecule has 0 amide bonds. The second-order valence-electron chi connectivity index (χ2n) is 4.98. The topological polar surface area (TPSA) is 49.4 Å². The zero-order valence-electron chi connectivity index (χ0n) is 12.8. The summed E-state index contributed by atoms with van der Waals surface area (Å²) < 4.78 is 17.0. The molecule has 108 valence electrons. The van der Waals surface area contributed by atoms with Gasteiger partial charge in [0, 0.05) is 6.16 Å². The summed E-state index contributed by atoms with van der Waals surface area (Å²) in [7, 11) is -3.87. The van der Waals surface area contributed by atoms with Gasteiger partial charge in [-0.05, 0) is 40.1 Å². The molecule has 1 atom stereocenters. The molecule has 0 saturated heterocycles. The van der Waals surface area contributed by atoms with Gasteiger partial charge in [-0.25, -0.2) is 0 Å². The summed E-state index contributed by atoms with van der Waals surface area (Å²) in [6.45, 7) is 1.86. The Bertz CT molecular complexity index is 794. The number of hydrogen-bond acceptors (Lipinski definition) is 3. The molecule has 0 saturated carbocycles. The Kier molecular flexibility index (Phi) is 5.84. The average molecular weight is 322 g/mol. The van der Waals surface area contributed by atoms with E-state index in [9.17, 15) is 9.46 Å². The summed E-state index contributed by atoms with van der Waals surface area (Å²) in [5.41, 5.74) is 0.815. The van der Waals surface area contributed by atoms with Gasteiger partial charge in [-0.3, -0.25) is 0 Å². The zero-order valence-corrected chi connectivity index (χ0v) is 15.7. The molecule has 0 bridgehead atoms. The van der Waals surface area contributed by atoms with E-state index in [-0.39, 0.29) is 42.3 Å². The smallest absolute Gasteiger partial charge is 0.778 e. The Morgan fingerprint density at radius 3 is 2.00 bits per heavy atom. The van der Waals surface area contributed by atoms with E-state index < -0.39 is 7.60 Å². The molecule has 3 aromatic carbocycles. The van der Waals surface area contributed by atoms with Crippen LogP contribution < -0.4 is 34.5 Å². The molecule has 0 heterocycles. The maximum absolute atomic E-state index is 12.1. The maximum Gasteiger partial charge on any atom is 1.00 e. The van der Waals surface area contributed by atoms with E-state index in [1.807, 2.05) is 48.5 Å². The first-order chi connectivity index (χ1) is 10.1. The normalized spacial score (nSPS) is 13.7. The van der Waals surface area contributed by atoms with Crippen LogP contribution in [-0.2, 0) is 15.3 Å². The fraction of sp³-hybridized carbons (Fsp3) is 0.176. The van der Waals surface area contributed by atoms with Crippen LogP contribution >= 0.6 is 7.60 Å². The molecule has 5 heteroatoms. The first kappa shape index (κ1) is 17.7.